The summed E-state index contributed by atoms with van der Waals surface area (Å²) in [4.78, 5) is 16.9. The molecule has 2 aromatic heterocycles. The van der Waals surface area contributed by atoms with Gasteiger partial charge in [-0.3, -0.25) is 5.10 Å². The predicted molar refractivity (Wildman–Crippen MR) is 128 cm³/mol. The van der Waals surface area contributed by atoms with Crippen molar-refractivity contribution in [3.63, 3.8) is 0 Å². The first-order valence-corrected chi connectivity index (χ1v) is 12.3. The van der Waals surface area contributed by atoms with Crippen molar-refractivity contribution in [3.8, 4) is 16.2 Å². The van der Waals surface area contributed by atoms with E-state index in [9.17, 15) is 4.79 Å². The number of aryl methyl sites for hydroxylation is 1. The maximum Gasteiger partial charge on any atom is 0.404 e. The molecule has 0 saturated heterocycles. The molecule has 2 aliphatic rings. The van der Waals surface area contributed by atoms with Crippen molar-refractivity contribution in [2.75, 3.05) is 11.9 Å². The highest BCUT2D eigenvalue weighted by atomic mass is 32.1. The lowest BCUT2D eigenvalue weighted by atomic mass is 9.88. The first-order valence-electron chi connectivity index (χ1n) is 11.5. The average Bonchev–Trinajstić information content (AvgIpc) is 3.34. The molecule has 33 heavy (non-hydrogen) atoms. The molecule has 0 radical (unpaired) electrons. The van der Waals surface area contributed by atoms with Gasteiger partial charge in [0.05, 0.1) is 16.5 Å². The summed E-state index contributed by atoms with van der Waals surface area (Å²) in [6, 6.07) is 8.17. The number of hydrogen-bond acceptors (Lipinski definition) is 7. The summed E-state index contributed by atoms with van der Waals surface area (Å²) >= 11 is 1.72. The van der Waals surface area contributed by atoms with Gasteiger partial charge >= 0.3 is 6.09 Å². The van der Waals surface area contributed by atoms with Gasteiger partial charge in [0, 0.05) is 41.2 Å². The van der Waals surface area contributed by atoms with E-state index < -0.39 is 6.09 Å². The summed E-state index contributed by atoms with van der Waals surface area (Å²) in [5.41, 5.74) is 8.17. The van der Waals surface area contributed by atoms with E-state index >= 15 is 0 Å². The molecule has 9 heteroatoms. The van der Waals surface area contributed by atoms with E-state index in [2.05, 4.69) is 27.6 Å². The number of benzene rings is 1. The van der Waals surface area contributed by atoms with Gasteiger partial charge in [0.25, 0.3) is 0 Å². The Labute approximate surface area is 196 Å². The van der Waals surface area contributed by atoms with Gasteiger partial charge in [0.1, 0.15) is 11.9 Å². The van der Waals surface area contributed by atoms with Gasteiger partial charge in [0.2, 0.25) is 0 Å². The van der Waals surface area contributed by atoms with Gasteiger partial charge in [0.15, 0.2) is 5.82 Å². The predicted octanol–water partition coefficient (Wildman–Crippen LogP) is 5.50. The highest BCUT2D eigenvalue weighted by molar-refractivity contribution is 7.15. The Bertz CT molecular complexity index is 1120. The monoisotopic (exact) mass is 467 g/mol. The van der Waals surface area contributed by atoms with Crippen LogP contribution in [-0.2, 0) is 4.74 Å². The van der Waals surface area contributed by atoms with Crippen LogP contribution < -0.4 is 15.8 Å². The lowest BCUT2D eigenvalue weighted by Crippen LogP contribution is -2.26. The Morgan fingerprint density at radius 3 is 2.73 bits per heavy atom. The van der Waals surface area contributed by atoms with E-state index in [1.165, 1.54) is 12.8 Å². The molecular formula is C24H29N5O3S. The number of carbonyl (C=O) groups is 1. The maximum atomic E-state index is 11.0. The van der Waals surface area contributed by atoms with Crippen LogP contribution in [0.15, 0.2) is 30.5 Å². The minimum absolute atomic E-state index is 0.0704. The van der Waals surface area contributed by atoms with Crippen molar-refractivity contribution < 1.29 is 14.3 Å². The number of nitrogens with one attached hydrogen (secondary N) is 2. The summed E-state index contributed by atoms with van der Waals surface area (Å²) in [6.07, 6.45) is 7.22. The van der Waals surface area contributed by atoms with E-state index in [0.29, 0.717) is 11.8 Å². The quantitative estimate of drug-likeness (QED) is 0.403. The summed E-state index contributed by atoms with van der Waals surface area (Å²) < 4.78 is 11.4. The molecule has 174 valence electrons. The summed E-state index contributed by atoms with van der Waals surface area (Å²) in [7, 11) is 0. The van der Waals surface area contributed by atoms with Crippen molar-refractivity contribution in [3.05, 3.63) is 41.2 Å². The summed E-state index contributed by atoms with van der Waals surface area (Å²) in [5.74, 6) is 2.70. The smallest absolute Gasteiger partial charge is 0.404 e. The van der Waals surface area contributed by atoms with Crippen LogP contribution in [0.2, 0.25) is 0 Å². The Morgan fingerprint density at radius 1 is 1.21 bits per heavy atom. The number of H-pyrrole nitrogens is 1. The summed E-state index contributed by atoms with van der Waals surface area (Å²) in [5, 5.41) is 11.7. The standard InChI is InChI=1S/C24H29N5O3S/c1-14-10-22(29-28-14)27-17-6-9-19(20(11-17)31-13-15-2-3-15)21-12-26-23(33-21)16-4-7-18(8-5-16)32-24(25)30/h6,9-12,15-16,18H,2-5,7-8,13H2,1H3,(H2,25,30)(H2,27,28,29). The van der Waals surface area contributed by atoms with Crippen molar-refractivity contribution >= 4 is 28.9 Å². The second kappa shape index (κ2) is 9.43. The molecule has 3 aromatic rings. The van der Waals surface area contributed by atoms with Gasteiger partial charge in [-0.15, -0.1) is 11.3 Å². The van der Waals surface area contributed by atoms with Crippen molar-refractivity contribution in [1.29, 1.82) is 0 Å². The lowest BCUT2D eigenvalue weighted by molar-refractivity contribution is 0.0787. The zero-order valence-corrected chi connectivity index (χ0v) is 19.5. The Hall–Kier alpha value is -3.07. The largest absolute Gasteiger partial charge is 0.493 e. The number of rotatable bonds is 8. The maximum absolute atomic E-state index is 11.0. The molecule has 2 heterocycles. The first kappa shape index (κ1) is 21.8. The fourth-order valence-electron chi connectivity index (χ4n) is 4.24. The van der Waals surface area contributed by atoms with Crippen LogP contribution in [0.5, 0.6) is 5.75 Å². The van der Waals surface area contributed by atoms with Gasteiger partial charge in [-0.1, -0.05) is 0 Å². The molecule has 1 amide bonds. The third-order valence-corrected chi connectivity index (χ3v) is 7.42. The second-order valence-corrected chi connectivity index (χ2v) is 10.1. The molecule has 8 nitrogen and oxygen atoms in total. The van der Waals surface area contributed by atoms with Crippen molar-refractivity contribution in [2.24, 2.45) is 11.7 Å². The molecular weight excluding hydrogens is 438 g/mol. The van der Waals surface area contributed by atoms with Gasteiger partial charge < -0.3 is 20.5 Å². The number of carbonyl (C=O) groups excluding carboxylic acids is 1. The number of thiazole rings is 1. The van der Waals surface area contributed by atoms with E-state index in [4.69, 9.17) is 20.2 Å². The first-order chi connectivity index (χ1) is 16.0. The zero-order valence-electron chi connectivity index (χ0n) is 18.7. The molecule has 0 atom stereocenters. The van der Waals surface area contributed by atoms with E-state index in [1.807, 2.05) is 25.3 Å². The molecule has 0 aliphatic heterocycles. The van der Waals surface area contributed by atoms with Crippen LogP contribution in [0.25, 0.3) is 10.4 Å². The minimum Gasteiger partial charge on any atom is -0.493 e. The normalized spacial score (nSPS) is 20.4. The highest BCUT2D eigenvalue weighted by Gasteiger charge is 2.27. The average molecular weight is 468 g/mol. The van der Waals surface area contributed by atoms with Crippen LogP contribution in [0.1, 0.15) is 55.1 Å². The number of aromatic nitrogens is 3. The van der Waals surface area contributed by atoms with Crippen LogP contribution >= 0.6 is 11.3 Å². The SMILES string of the molecule is Cc1cc(Nc2ccc(-c3cnc(C4CCC(OC(N)=O)CC4)s3)c(OCC3CC3)c2)n[nH]1. The fourth-order valence-corrected chi connectivity index (χ4v) is 5.36. The molecule has 1 aromatic carbocycles. The van der Waals surface area contributed by atoms with Gasteiger partial charge in [-0.25, -0.2) is 9.78 Å². The summed E-state index contributed by atoms with van der Waals surface area (Å²) in [6.45, 7) is 2.72. The number of ether oxygens (including phenoxy) is 2. The molecule has 4 N–H and O–H groups in total. The number of amides is 1. The molecule has 0 bridgehead atoms. The lowest BCUT2D eigenvalue weighted by Gasteiger charge is -2.26. The number of anilines is 2. The Morgan fingerprint density at radius 2 is 2.03 bits per heavy atom. The number of hydrogen-bond donors (Lipinski definition) is 3. The number of primary amides is 1. The fraction of sp³-hybridized carbons (Fsp3) is 0.458. The zero-order chi connectivity index (χ0) is 22.8. The molecule has 0 unspecified atom stereocenters. The van der Waals surface area contributed by atoms with Crippen LogP contribution in [-0.4, -0.2) is 34.0 Å². The highest BCUT2D eigenvalue weighted by Crippen LogP contribution is 2.42. The van der Waals surface area contributed by atoms with Crippen molar-refractivity contribution in [2.45, 2.75) is 57.5 Å². The third kappa shape index (κ3) is 5.47. The molecule has 0 spiro atoms. The van der Waals surface area contributed by atoms with E-state index in [1.54, 1.807) is 11.3 Å². The van der Waals surface area contributed by atoms with Crippen LogP contribution in [0.3, 0.4) is 0 Å². The number of aromatic amines is 1. The molecule has 2 aliphatic carbocycles. The number of nitrogens with two attached hydrogens (primary N) is 1. The van der Waals surface area contributed by atoms with Gasteiger partial charge in [-0.05, 0) is 63.5 Å². The van der Waals surface area contributed by atoms with E-state index in [-0.39, 0.29) is 6.10 Å². The second-order valence-electron chi connectivity index (χ2n) is 9.00. The van der Waals surface area contributed by atoms with Crippen LogP contribution in [0, 0.1) is 12.8 Å². The van der Waals surface area contributed by atoms with Gasteiger partial charge in [-0.2, -0.15) is 5.10 Å². The molecule has 5 rings (SSSR count). The van der Waals surface area contributed by atoms with Crippen LogP contribution in [0.4, 0.5) is 16.3 Å². The Balaban J connectivity index is 1.32. The van der Waals surface area contributed by atoms with Crippen molar-refractivity contribution in [1.82, 2.24) is 15.2 Å². The topological polar surface area (TPSA) is 115 Å². The molecule has 2 fully saturated rings. The third-order valence-electron chi connectivity index (χ3n) is 6.23. The Kier molecular flexibility index (Phi) is 6.22. The number of nitrogens with zero attached hydrogens (tertiary/aromatic N) is 2. The van der Waals surface area contributed by atoms with E-state index in [0.717, 1.165) is 70.7 Å². The minimum atomic E-state index is -0.686. The molecule has 2 saturated carbocycles.